The molecular formula is C15H18N2O. The van der Waals surface area contributed by atoms with Gasteiger partial charge in [0.05, 0.1) is 13.3 Å². The summed E-state index contributed by atoms with van der Waals surface area (Å²) in [7, 11) is 3.62. The number of hydrogen-bond donors (Lipinski definition) is 1. The molecule has 0 fully saturated rings. The van der Waals surface area contributed by atoms with E-state index in [0.717, 1.165) is 17.7 Å². The molecule has 1 aromatic carbocycles. The molecule has 2 aromatic rings. The van der Waals surface area contributed by atoms with Crippen LogP contribution in [0, 0.1) is 0 Å². The molecule has 0 amide bonds. The van der Waals surface area contributed by atoms with Crippen LogP contribution in [0.5, 0.6) is 5.75 Å². The highest BCUT2D eigenvalue weighted by atomic mass is 16.5. The van der Waals surface area contributed by atoms with Crippen molar-refractivity contribution >= 4 is 0 Å². The molecule has 0 aliphatic carbocycles. The van der Waals surface area contributed by atoms with Crippen LogP contribution in [0.2, 0.25) is 0 Å². The van der Waals surface area contributed by atoms with Gasteiger partial charge in [0.15, 0.2) is 0 Å². The zero-order valence-corrected chi connectivity index (χ0v) is 10.8. The highest BCUT2D eigenvalue weighted by molar-refractivity contribution is 5.28. The molecule has 1 unspecified atom stereocenters. The van der Waals surface area contributed by atoms with E-state index in [-0.39, 0.29) is 6.04 Å². The third kappa shape index (κ3) is 3.08. The maximum Gasteiger partial charge on any atom is 0.137 e. The van der Waals surface area contributed by atoms with Crippen molar-refractivity contribution in [2.45, 2.75) is 12.5 Å². The molecule has 18 heavy (non-hydrogen) atoms. The summed E-state index contributed by atoms with van der Waals surface area (Å²) in [4.78, 5) is 4.20. The number of hydrogen-bond acceptors (Lipinski definition) is 3. The number of rotatable bonds is 5. The van der Waals surface area contributed by atoms with Gasteiger partial charge < -0.3 is 10.1 Å². The van der Waals surface area contributed by atoms with Crippen LogP contribution in [0.15, 0.2) is 48.8 Å². The Labute approximate surface area is 108 Å². The van der Waals surface area contributed by atoms with E-state index in [1.807, 2.05) is 25.4 Å². The molecule has 0 bridgehead atoms. The minimum absolute atomic E-state index is 0.245. The topological polar surface area (TPSA) is 34.2 Å². The molecule has 0 spiro atoms. The van der Waals surface area contributed by atoms with Gasteiger partial charge in [0, 0.05) is 12.2 Å². The lowest BCUT2D eigenvalue weighted by atomic mass is 10.0. The van der Waals surface area contributed by atoms with Crippen molar-refractivity contribution in [2.75, 3.05) is 14.2 Å². The molecule has 0 aliphatic rings. The number of aromatic nitrogens is 1. The fourth-order valence-electron chi connectivity index (χ4n) is 1.97. The van der Waals surface area contributed by atoms with Gasteiger partial charge >= 0.3 is 0 Å². The van der Waals surface area contributed by atoms with Gasteiger partial charge in [-0.3, -0.25) is 4.98 Å². The Morgan fingerprint density at radius 1 is 1.22 bits per heavy atom. The van der Waals surface area contributed by atoms with Gasteiger partial charge in [0.25, 0.3) is 0 Å². The second-order valence-corrected chi connectivity index (χ2v) is 4.19. The summed E-state index contributed by atoms with van der Waals surface area (Å²) < 4.78 is 5.21. The van der Waals surface area contributed by atoms with Gasteiger partial charge in [-0.1, -0.05) is 30.3 Å². The second-order valence-electron chi connectivity index (χ2n) is 4.19. The predicted octanol–water partition coefficient (Wildman–Crippen LogP) is 2.59. The average Bonchev–Trinajstić information content (AvgIpc) is 2.46. The Balaban J connectivity index is 2.17. The van der Waals surface area contributed by atoms with E-state index < -0.39 is 0 Å². The molecule has 3 heteroatoms. The van der Waals surface area contributed by atoms with Crippen molar-refractivity contribution in [3.8, 4) is 5.75 Å². The summed E-state index contributed by atoms with van der Waals surface area (Å²) in [6.07, 6.45) is 4.54. The van der Waals surface area contributed by atoms with Crippen LogP contribution in [0.3, 0.4) is 0 Å². The smallest absolute Gasteiger partial charge is 0.137 e. The van der Waals surface area contributed by atoms with E-state index >= 15 is 0 Å². The first kappa shape index (κ1) is 12.6. The number of benzene rings is 1. The Hall–Kier alpha value is -1.87. The molecular weight excluding hydrogens is 224 g/mol. The van der Waals surface area contributed by atoms with Crippen LogP contribution in [-0.4, -0.2) is 19.1 Å². The maximum absolute atomic E-state index is 5.21. The van der Waals surface area contributed by atoms with Crippen LogP contribution in [0.1, 0.15) is 17.2 Å². The largest absolute Gasteiger partial charge is 0.495 e. The zero-order chi connectivity index (χ0) is 12.8. The average molecular weight is 242 g/mol. The minimum Gasteiger partial charge on any atom is -0.495 e. The van der Waals surface area contributed by atoms with Crippen molar-refractivity contribution in [3.05, 3.63) is 59.9 Å². The molecule has 94 valence electrons. The first-order chi connectivity index (χ1) is 8.83. The lowest BCUT2D eigenvalue weighted by Gasteiger charge is -2.17. The highest BCUT2D eigenvalue weighted by Crippen LogP contribution is 2.20. The second kappa shape index (κ2) is 6.17. The van der Waals surface area contributed by atoms with E-state index in [9.17, 15) is 0 Å². The number of pyridine rings is 1. The summed E-state index contributed by atoms with van der Waals surface area (Å²) >= 11 is 0. The van der Waals surface area contributed by atoms with E-state index in [1.165, 1.54) is 5.56 Å². The number of likely N-dealkylation sites (N-methyl/N-ethyl adjacent to an activating group) is 1. The number of nitrogens with one attached hydrogen (secondary N) is 1. The summed E-state index contributed by atoms with van der Waals surface area (Å²) in [5, 5.41) is 3.32. The molecule has 0 saturated carbocycles. The third-order valence-electron chi connectivity index (χ3n) is 3.00. The van der Waals surface area contributed by atoms with Crippen molar-refractivity contribution in [3.63, 3.8) is 0 Å². The molecule has 1 heterocycles. The number of ether oxygens (including phenoxy) is 1. The lowest BCUT2D eigenvalue weighted by Crippen LogP contribution is -2.19. The molecule has 1 N–H and O–H groups in total. The molecule has 0 saturated heterocycles. The summed E-state index contributed by atoms with van der Waals surface area (Å²) in [5.41, 5.74) is 2.44. The summed E-state index contributed by atoms with van der Waals surface area (Å²) in [5.74, 6) is 0.792. The van der Waals surface area contributed by atoms with E-state index in [4.69, 9.17) is 4.74 Å². The SMILES string of the molecule is CNC(Cc1ccccc1)c1cncc(OC)c1. The van der Waals surface area contributed by atoms with Crippen molar-refractivity contribution in [2.24, 2.45) is 0 Å². The summed E-state index contributed by atoms with van der Waals surface area (Å²) in [6.45, 7) is 0. The fourth-order valence-corrected chi connectivity index (χ4v) is 1.97. The van der Waals surface area contributed by atoms with Crippen molar-refractivity contribution in [1.82, 2.24) is 10.3 Å². The Morgan fingerprint density at radius 2 is 2.00 bits per heavy atom. The number of nitrogens with zero attached hydrogens (tertiary/aromatic N) is 1. The number of methoxy groups -OCH3 is 1. The molecule has 1 aromatic heterocycles. The molecule has 0 radical (unpaired) electrons. The first-order valence-electron chi connectivity index (χ1n) is 6.03. The van der Waals surface area contributed by atoms with Crippen molar-refractivity contribution in [1.29, 1.82) is 0 Å². The molecule has 2 rings (SSSR count). The maximum atomic E-state index is 5.21. The monoisotopic (exact) mass is 242 g/mol. The molecule has 0 aliphatic heterocycles. The Bertz CT molecular complexity index is 485. The third-order valence-corrected chi connectivity index (χ3v) is 3.00. The molecule has 3 nitrogen and oxygen atoms in total. The van der Waals surface area contributed by atoms with Gasteiger partial charge in [0.2, 0.25) is 0 Å². The lowest BCUT2D eigenvalue weighted by molar-refractivity contribution is 0.411. The van der Waals surface area contributed by atoms with Gasteiger partial charge in [0.1, 0.15) is 5.75 Å². The van der Waals surface area contributed by atoms with Crippen LogP contribution in [0.4, 0.5) is 0 Å². The fraction of sp³-hybridized carbons (Fsp3) is 0.267. The standard InChI is InChI=1S/C15H18N2O/c1-16-15(8-12-6-4-3-5-7-12)13-9-14(18-2)11-17-10-13/h3-7,9-11,15-16H,8H2,1-2H3. The van der Waals surface area contributed by atoms with Crippen LogP contribution < -0.4 is 10.1 Å². The Morgan fingerprint density at radius 3 is 2.67 bits per heavy atom. The van der Waals surface area contributed by atoms with Gasteiger partial charge in [-0.2, -0.15) is 0 Å². The first-order valence-corrected chi connectivity index (χ1v) is 6.03. The quantitative estimate of drug-likeness (QED) is 0.875. The van der Waals surface area contributed by atoms with Gasteiger partial charge in [-0.05, 0) is 30.7 Å². The van der Waals surface area contributed by atoms with Gasteiger partial charge in [-0.15, -0.1) is 0 Å². The van der Waals surface area contributed by atoms with Crippen LogP contribution in [0.25, 0.3) is 0 Å². The molecule has 1 atom stereocenters. The van der Waals surface area contributed by atoms with Crippen LogP contribution in [-0.2, 0) is 6.42 Å². The van der Waals surface area contributed by atoms with E-state index in [0.29, 0.717) is 0 Å². The zero-order valence-electron chi connectivity index (χ0n) is 10.8. The normalized spacial score (nSPS) is 12.1. The van der Waals surface area contributed by atoms with Crippen molar-refractivity contribution < 1.29 is 4.74 Å². The van der Waals surface area contributed by atoms with Gasteiger partial charge in [-0.25, -0.2) is 0 Å². The summed E-state index contributed by atoms with van der Waals surface area (Å²) in [6, 6.07) is 12.7. The Kier molecular flexibility index (Phi) is 4.31. The van der Waals surface area contributed by atoms with Crippen LogP contribution >= 0.6 is 0 Å². The predicted molar refractivity (Wildman–Crippen MR) is 72.7 cm³/mol. The minimum atomic E-state index is 0.245. The van der Waals surface area contributed by atoms with E-state index in [1.54, 1.807) is 13.3 Å². The van der Waals surface area contributed by atoms with E-state index in [2.05, 4.69) is 34.6 Å². The highest BCUT2D eigenvalue weighted by Gasteiger charge is 2.11.